The van der Waals surface area contributed by atoms with Crippen LogP contribution in [0.2, 0.25) is 0 Å². The maximum Gasteiger partial charge on any atom is 0.126 e. The molecule has 0 fully saturated rings. The van der Waals surface area contributed by atoms with Crippen LogP contribution in [0.4, 0.5) is 4.39 Å². The summed E-state index contributed by atoms with van der Waals surface area (Å²) in [5, 5.41) is 3.58. The molecule has 0 bridgehead atoms. The van der Waals surface area contributed by atoms with E-state index in [9.17, 15) is 4.39 Å². The minimum atomic E-state index is -0.0755. The zero-order chi connectivity index (χ0) is 14.2. The second-order valence-corrected chi connectivity index (χ2v) is 5.76. The largest absolute Gasteiger partial charge is 0.313 e. The van der Waals surface area contributed by atoms with Gasteiger partial charge in [0.2, 0.25) is 0 Å². The van der Waals surface area contributed by atoms with Crippen molar-refractivity contribution in [1.82, 2.24) is 5.32 Å². The lowest BCUT2D eigenvalue weighted by atomic mass is 9.91. The molecule has 2 rings (SSSR count). The molecule has 1 atom stereocenters. The van der Waals surface area contributed by atoms with Gasteiger partial charge in [0.1, 0.15) is 5.82 Å². The fraction of sp³-hybridized carbons (Fsp3) is 0.556. The molecule has 0 saturated heterocycles. The van der Waals surface area contributed by atoms with Gasteiger partial charge in [-0.05, 0) is 63.1 Å². The van der Waals surface area contributed by atoms with E-state index in [0.717, 1.165) is 31.4 Å². The minimum absolute atomic E-state index is 0.0755. The van der Waals surface area contributed by atoms with E-state index in [0.29, 0.717) is 6.04 Å². The van der Waals surface area contributed by atoms with E-state index < -0.39 is 0 Å². The SMILES string of the molecule is CCCNC(CC1=CCCCC1)Cc1ccccc1F. The minimum Gasteiger partial charge on any atom is -0.313 e. The summed E-state index contributed by atoms with van der Waals surface area (Å²) < 4.78 is 13.8. The molecule has 1 aromatic carbocycles. The standard InChI is InChI=1S/C18H26FN/c1-2-12-20-17(13-15-8-4-3-5-9-15)14-16-10-6-7-11-18(16)19/h6-8,10-11,17,20H,2-5,9,12-14H2,1H3. The Morgan fingerprint density at radius 3 is 2.75 bits per heavy atom. The number of nitrogens with one attached hydrogen (secondary N) is 1. The van der Waals surface area contributed by atoms with Gasteiger partial charge in [-0.3, -0.25) is 0 Å². The molecular weight excluding hydrogens is 249 g/mol. The quantitative estimate of drug-likeness (QED) is 0.716. The van der Waals surface area contributed by atoms with Gasteiger partial charge >= 0.3 is 0 Å². The van der Waals surface area contributed by atoms with Gasteiger partial charge in [0, 0.05) is 6.04 Å². The number of hydrogen-bond acceptors (Lipinski definition) is 1. The molecule has 1 aliphatic carbocycles. The zero-order valence-electron chi connectivity index (χ0n) is 12.5. The fourth-order valence-electron chi connectivity index (χ4n) is 2.90. The average molecular weight is 275 g/mol. The van der Waals surface area contributed by atoms with Crippen LogP contribution in [0.25, 0.3) is 0 Å². The first-order chi connectivity index (χ1) is 9.79. The predicted octanol–water partition coefficient (Wildman–Crippen LogP) is 4.63. The van der Waals surface area contributed by atoms with Crippen LogP contribution in [-0.2, 0) is 6.42 Å². The lowest BCUT2D eigenvalue weighted by Gasteiger charge is -2.22. The summed E-state index contributed by atoms with van der Waals surface area (Å²) in [6.45, 7) is 3.18. The van der Waals surface area contributed by atoms with Gasteiger partial charge in [0.15, 0.2) is 0 Å². The molecule has 0 amide bonds. The van der Waals surface area contributed by atoms with Gasteiger partial charge in [0.05, 0.1) is 0 Å². The molecule has 0 spiro atoms. The van der Waals surface area contributed by atoms with Crippen molar-refractivity contribution in [2.45, 2.75) is 57.9 Å². The molecule has 1 aromatic rings. The van der Waals surface area contributed by atoms with E-state index in [1.807, 2.05) is 12.1 Å². The maximum absolute atomic E-state index is 13.8. The third-order valence-corrected chi connectivity index (χ3v) is 4.00. The van der Waals surface area contributed by atoms with Gasteiger partial charge < -0.3 is 5.32 Å². The first-order valence-electron chi connectivity index (χ1n) is 7.94. The average Bonchev–Trinajstić information content (AvgIpc) is 2.48. The van der Waals surface area contributed by atoms with Crippen LogP contribution in [0.15, 0.2) is 35.9 Å². The van der Waals surface area contributed by atoms with Crippen LogP contribution in [0, 0.1) is 5.82 Å². The molecule has 110 valence electrons. The molecule has 1 N–H and O–H groups in total. The van der Waals surface area contributed by atoms with Crippen LogP contribution < -0.4 is 5.32 Å². The Morgan fingerprint density at radius 2 is 2.05 bits per heavy atom. The van der Waals surface area contributed by atoms with Crippen LogP contribution in [0.1, 0.15) is 51.0 Å². The van der Waals surface area contributed by atoms with Crippen LogP contribution in [0.5, 0.6) is 0 Å². The van der Waals surface area contributed by atoms with Gasteiger partial charge in [-0.1, -0.05) is 36.8 Å². The molecule has 0 saturated carbocycles. The summed E-state index contributed by atoms with van der Waals surface area (Å²) in [5.74, 6) is -0.0755. The van der Waals surface area contributed by atoms with Crippen molar-refractivity contribution in [3.8, 4) is 0 Å². The Morgan fingerprint density at radius 1 is 1.20 bits per heavy atom. The molecule has 0 aliphatic heterocycles. The smallest absolute Gasteiger partial charge is 0.126 e. The summed E-state index contributed by atoms with van der Waals surface area (Å²) in [5.41, 5.74) is 2.39. The van der Waals surface area contributed by atoms with Crippen molar-refractivity contribution in [2.75, 3.05) is 6.54 Å². The lowest BCUT2D eigenvalue weighted by molar-refractivity contribution is 0.480. The van der Waals surface area contributed by atoms with Crippen LogP contribution >= 0.6 is 0 Å². The van der Waals surface area contributed by atoms with Crippen LogP contribution in [0.3, 0.4) is 0 Å². The highest BCUT2D eigenvalue weighted by atomic mass is 19.1. The van der Waals surface area contributed by atoms with Crippen molar-refractivity contribution >= 4 is 0 Å². The first kappa shape index (κ1) is 15.2. The number of hydrogen-bond donors (Lipinski definition) is 1. The summed E-state index contributed by atoms with van der Waals surface area (Å²) in [6, 6.07) is 7.51. The summed E-state index contributed by atoms with van der Waals surface area (Å²) in [7, 11) is 0. The summed E-state index contributed by atoms with van der Waals surface area (Å²) in [6.07, 6.45) is 10.4. The molecule has 0 heterocycles. The van der Waals surface area contributed by atoms with Gasteiger partial charge in [-0.25, -0.2) is 4.39 Å². The Hall–Kier alpha value is -1.15. The van der Waals surface area contributed by atoms with Gasteiger partial charge in [-0.2, -0.15) is 0 Å². The molecule has 20 heavy (non-hydrogen) atoms. The Kier molecular flexibility index (Phi) is 6.25. The zero-order valence-corrected chi connectivity index (χ0v) is 12.5. The third-order valence-electron chi connectivity index (χ3n) is 4.00. The summed E-state index contributed by atoms with van der Waals surface area (Å²) >= 11 is 0. The highest BCUT2D eigenvalue weighted by molar-refractivity contribution is 5.19. The van der Waals surface area contributed by atoms with Crippen molar-refractivity contribution in [1.29, 1.82) is 0 Å². The van der Waals surface area contributed by atoms with Gasteiger partial charge in [0.25, 0.3) is 0 Å². The van der Waals surface area contributed by atoms with Crippen molar-refractivity contribution < 1.29 is 4.39 Å². The second-order valence-electron chi connectivity index (χ2n) is 5.76. The maximum atomic E-state index is 13.8. The van der Waals surface area contributed by atoms with Crippen LogP contribution in [-0.4, -0.2) is 12.6 Å². The monoisotopic (exact) mass is 275 g/mol. The Bertz CT molecular complexity index is 439. The predicted molar refractivity (Wildman–Crippen MR) is 83.4 cm³/mol. The van der Waals surface area contributed by atoms with E-state index in [4.69, 9.17) is 0 Å². The summed E-state index contributed by atoms with van der Waals surface area (Å²) in [4.78, 5) is 0. The highest BCUT2D eigenvalue weighted by Gasteiger charge is 2.14. The molecule has 1 unspecified atom stereocenters. The normalized spacial score (nSPS) is 16.8. The lowest BCUT2D eigenvalue weighted by Crippen LogP contribution is -2.32. The van der Waals surface area contributed by atoms with Crippen molar-refractivity contribution in [2.24, 2.45) is 0 Å². The van der Waals surface area contributed by atoms with E-state index in [1.165, 1.54) is 25.7 Å². The number of benzene rings is 1. The van der Waals surface area contributed by atoms with E-state index in [2.05, 4.69) is 18.3 Å². The van der Waals surface area contributed by atoms with Gasteiger partial charge in [-0.15, -0.1) is 0 Å². The molecule has 0 aromatic heterocycles. The molecule has 1 nitrogen and oxygen atoms in total. The topological polar surface area (TPSA) is 12.0 Å². The fourth-order valence-corrected chi connectivity index (χ4v) is 2.90. The van der Waals surface area contributed by atoms with Crippen molar-refractivity contribution in [3.63, 3.8) is 0 Å². The Labute approximate surface area is 122 Å². The van der Waals surface area contributed by atoms with E-state index in [-0.39, 0.29) is 5.82 Å². The second kappa shape index (κ2) is 8.21. The highest BCUT2D eigenvalue weighted by Crippen LogP contribution is 2.23. The molecule has 2 heteroatoms. The molecular formula is C18H26FN. The first-order valence-corrected chi connectivity index (χ1v) is 7.94. The van der Waals surface area contributed by atoms with E-state index in [1.54, 1.807) is 17.7 Å². The Balaban J connectivity index is 1.99. The molecule has 1 aliphatic rings. The number of rotatable bonds is 7. The number of allylic oxidation sites excluding steroid dienone is 1. The molecule has 0 radical (unpaired) electrons. The van der Waals surface area contributed by atoms with Crippen molar-refractivity contribution in [3.05, 3.63) is 47.3 Å². The van der Waals surface area contributed by atoms with E-state index >= 15 is 0 Å². The number of halogens is 1. The third kappa shape index (κ3) is 4.75.